The lowest BCUT2D eigenvalue weighted by Crippen LogP contribution is -2.30. The van der Waals surface area contributed by atoms with Gasteiger partial charge >= 0.3 is 6.18 Å². The Labute approximate surface area is 158 Å². The van der Waals surface area contributed by atoms with E-state index in [9.17, 15) is 22.4 Å². The fraction of sp³-hybridized carbons (Fsp3) is 0.444. The summed E-state index contributed by atoms with van der Waals surface area (Å²) in [5.41, 5.74) is 1.33. The highest BCUT2D eigenvalue weighted by atomic mass is 19.4. The van der Waals surface area contributed by atoms with E-state index >= 15 is 0 Å². The van der Waals surface area contributed by atoms with Gasteiger partial charge in [-0.1, -0.05) is 0 Å². The van der Waals surface area contributed by atoms with Gasteiger partial charge in [-0.3, -0.25) is 9.78 Å². The van der Waals surface area contributed by atoms with Gasteiger partial charge in [-0.25, -0.2) is 14.4 Å². The van der Waals surface area contributed by atoms with Crippen LogP contribution in [0.15, 0.2) is 24.7 Å². The molecule has 150 valence electrons. The van der Waals surface area contributed by atoms with Crippen LogP contribution in [0.2, 0.25) is 0 Å². The number of alkyl halides is 4. The lowest BCUT2D eigenvalue weighted by molar-refractivity contribution is -0.145. The molecule has 1 saturated heterocycles. The molecule has 0 radical (unpaired) electrons. The predicted molar refractivity (Wildman–Crippen MR) is 91.4 cm³/mol. The number of hydrogen-bond donors (Lipinski definition) is 1. The molecule has 1 fully saturated rings. The number of nitrogens with one attached hydrogen (secondary N) is 1. The summed E-state index contributed by atoms with van der Waals surface area (Å²) in [4.78, 5) is 23.0. The highest BCUT2D eigenvalue weighted by molar-refractivity contribution is 5.84. The van der Waals surface area contributed by atoms with Gasteiger partial charge < -0.3 is 10.1 Å². The standard InChI is InChI=1S/C18H18F4N4O2/c1-28-16-9-24-13(11-6-25-17(26-7-11)18(20,21)22)4-10(16)2-3-15(27)14-5-12(19)8-23-14/h4,6-7,9,12,14,23H,2-3,5,8H2,1H3/t12-,14+/m1/s1. The van der Waals surface area contributed by atoms with Crippen LogP contribution >= 0.6 is 0 Å². The van der Waals surface area contributed by atoms with Gasteiger partial charge in [-0.05, 0) is 18.1 Å². The lowest BCUT2D eigenvalue weighted by atomic mass is 10.0. The van der Waals surface area contributed by atoms with Gasteiger partial charge in [0.15, 0.2) is 0 Å². The maximum atomic E-state index is 13.2. The summed E-state index contributed by atoms with van der Waals surface area (Å²) in [7, 11) is 1.45. The Morgan fingerprint density at radius 2 is 1.96 bits per heavy atom. The summed E-state index contributed by atoms with van der Waals surface area (Å²) >= 11 is 0. The average molecular weight is 398 g/mol. The molecule has 6 nitrogen and oxygen atoms in total. The molecular formula is C18H18F4N4O2. The van der Waals surface area contributed by atoms with Crippen molar-refractivity contribution < 1.29 is 27.1 Å². The van der Waals surface area contributed by atoms with Crippen molar-refractivity contribution in [3.05, 3.63) is 36.0 Å². The molecule has 0 unspecified atom stereocenters. The zero-order valence-electron chi connectivity index (χ0n) is 15.0. The normalized spacial score (nSPS) is 19.6. The Morgan fingerprint density at radius 1 is 1.25 bits per heavy atom. The molecule has 0 spiro atoms. The number of hydrogen-bond acceptors (Lipinski definition) is 6. The molecule has 2 aromatic heterocycles. The van der Waals surface area contributed by atoms with Gasteiger partial charge in [0.2, 0.25) is 5.82 Å². The Hall–Kier alpha value is -2.62. The molecule has 0 saturated carbocycles. The number of Topliss-reactive ketones (excluding diaryl/α,β-unsaturated/α-hetero) is 1. The van der Waals surface area contributed by atoms with Gasteiger partial charge in [-0.15, -0.1) is 0 Å². The number of methoxy groups -OCH3 is 1. The fourth-order valence-electron chi connectivity index (χ4n) is 3.00. The molecule has 2 aromatic rings. The fourth-order valence-corrected chi connectivity index (χ4v) is 3.00. The van der Waals surface area contributed by atoms with E-state index in [0.717, 1.165) is 12.4 Å². The number of halogens is 4. The molecule has 2 atom stereocenters. The van der Waals surface area contributed by atoms with Crippen LogP contribution in [0.3, 0.4) is 0 Å². The molecule has 28 heavy (non-hydrogen) atoms. The third-order valence-corrected chi connectivity index (χ3v) is 4.48. The number of ketones is 1. The monoisotopic (exact) mass is 398 g/mol. The van der Waals surface area contributed by atoms with Gasteiger partial charge in [0, 0.05) is 37.3 Å². The minimum absolute atomic E-state index is 0.0987. The molecule has 3 heterocycles. The van der Waals surface area contributed by atoms with Crippen molar-refractivity contribution in [2.45, 2.75) is 37.7 Å². The summed E-state index contributed by atoms with van der Waals surface area (Å²) in [6.07, 6.45) is -1.45. The second-order valence-electron chi connectivity index (χ2n) is 6.43. The molecule has 1 aliphatic rings. The number of ether oxygens (including phenoxy) is 1. The van der Waals surface area contributed by atoms with Crippen LogP contribution in [-0.2, 0) is 17.4 Å². The SMILES string of the molecule is COc1cnc(-c2cnc(C(F)(F)F)nc2)cc1CCC(=O)[C@@H]1C[C@@H](F)CN1. The Bertz CT molecular complexity index is 842. The lowest BCUT2D eigenvalue weighted by Gasteiger charge is -2.12. The number of pyridine rings is 1. The van der Waals surface area contributed by atoms with Crippen molar-refractivity contribution in [3.63, 3.8) is 0 Å². The minimum Gasteiger partial charge on any atom is -0.495 e. The average Bonchev–Trinajstić information content (AvgIpc) is 3.11. The van der Waals surface area contributed by atoms with Crippen LogP contribution in [0, 0.1) is 0 Å². The van der Waals surface area contributed by atoms with Crippen LogP contribution in [0.25, 0.3) is 11.3 Å². The first-order valence-corrected chi connectivity index (χ1v) is 8.60. The highest BCUT2D eigenvalue weighted by Crippen LogP contribution is 2.28. The number of nitrogens with zero attached hydrogens (tertiary/aromatic N) is 3. The zero-order chi connectivity index (χ0) is 20.3. The third-order valence-electron chi connectivity index (χ3n) is 4.48. The summed E-state index contributed by atoms with van der Waals surface area (Å²) in [6, 6.07) is 1.13. The molecule has 0 aromatic carbocycles. The Balaban J connectivity index is 1.75. The topological polar surface area (TPSA) is 77.0 Å². The Morgan fingerprint density at radius 3 is 2.54 bits per heavy atom. The van der Waals surface area contributed by atoms with E-state index < -0.39 is 24.2 Å². The van der Waals surface area contributed by atoms with E-state index in [-0.39, 0.29) is 25.2 Å². The zero-order valence-corrected chi connectivity index (χ0v) is 15.0. The van der Waals surface area contributed by atoms with E-state index in [1.54, 1.807) is 6.07 Å². The van der Waals surface area contributed by atoms with E-state index in [4.69, 9.17) is 4.74 Å². The van der Waals surface area contributed by atoms with E-state index in [1.165, 1.54) is 13.3 Å². The number of aryl methyl sites for hydroxylation is 1. The van der Waals surface area contributed by atoms with Crippen molar-refractivity contribution in [2.75, 3.05) is 13.7 Å². The summed E-state index contributed by atoms with van der Waals surface area (Å²) in [6.45, 7) is 0.174. The first-order valence-electron chi connectivity index (χ1n) is 8.60. The van der Waals surface area contributed by atoms with Gasteiger partial charge in [0.25, 0.3) is 0 Å². The van der Waals surface area contributed by atoms with Gasteiger partial charge in [0.05, 0.1) is 25.0 Å². The maximum Gasteiger partial charge on any atom is 0.451 e. The quantitative estimate of drug-likeness (QED) is 0.754. The number of carbonyl (C=O) groups excluding carboxylic acids is 1. The summed E-state index contributed by atoms with van der Waals surface area (Å²) in [5.74, 6) is -0.878. The molecular weight excluding hydrogens is 380 g/mol. The second kappa shape index (κ2) is 8.17. The van der Waals surface area contributed by atoms with E-state index in [2.05, 4.69) is 20.3 Å². The van der Waals surface area contributed by atoms with Crippen LogP contribution in [0.1, 0.15) is 24.2 Å². The van der Waals surface area contributed by atoms with Crippen LogP contribution in [-0.4, -0.2) is 46.6 Å². The summed E-state index contributed by atoms with van der Waals surface area (Å²) in [5, 5.41) is 2.85. The van der Waals surface area contributed by atoms with Crippen molar-refractivity contribution in [1.29, 1.82) is 0 Å². The third kappa shape index (κ3) is 4.61. The van der Waals surface area contributed by atoms with Crippen LogP contribution < -0.4 is 10.1 Å². The smallest absolute Gasteiger partial charge is 0.451 e. The largest absolute Gasteiger partial charge is 0.495 e. The van der Waals surface area contributed by atoms with Crippen molar-refractivity contribution in [1.82, 2.24) is 20.3 Å². The summed E-state index contributed by atoms with van der Waals surface area (Å²) < 4.78 is 56.3. The minimum atomic E-state index is -4.62. The number of aromatic nitrogens is 3. The van der Waals surface area contributed by atoms with E-state index in [1.807, 2.05) is 0 Å². The number of rotatable bonds is 6. The molecule has 1 N–H and O–H groups in total. The van der Waals surface area contributed by atoms with Crippen LogP contribution in [0.5, 0.6) is 5.75 Å². The van der Waals surface area contributed by atoms with Crippen molar-refractivity contribution in [3.8, 4) is 17.0 Å². The van der Waals surface area contributed by atoms with Gasteiger partial charge in [-0.2, -0.15) is 13.2 Å². The number of carbonyl (C=O) groups is 1. The maximum absolute atomic E-state index is 13.2. The molecule has 0 aliphatic carbocycles. The van der Waals surface area contributed by atoms with E-state index in [0.29, 0.717) is 29.0 Å². The first kappa shape index (κ1) is 20.1. The van der Waals surface area contributed by atoms with Crippen molar-refractivity contribution >= 4 is 5.78 Å². The molecule has 0 amide bonds. The predicted octanol–water partition coefficient (Wildman–Crippen LogP) is 2.77. The highest BCUT2D eigenvalue weighted by Gasteiger charge is 2.34. The van der Waals surface area contributed by atoms with Crippen molar-refractivity contribution in [2.24, 2.45) is 0 Å². The molecule has 3 rings (SSSR count). The molecule has 10 heteroatoms. The molecule has 0 bridgehead atoms. The van der Waals surface area contributed by atoms with Gasteiger partial charge in [0.1, 0.15) is 17.7 Å². The molecule has 1 aliphatic heterocycles. The first-order chi connectivity index (χ1) is 13.3. The second-order valence-corrected chi connectivity index (χ2v) is 6.43. The van der Waals surface area contributed by atoms with Crippen LogP contribution in [0.4, 0.5) is 17.6 Å². The Kier molecular flexibility index (Phi) is 5.87.